The van der Waals surface area contributed by atoms with Crippen LogP contribution in [0, 0.1) is 20.2 Å². The van der Waals surface area contributed by atoms with Gasteiger partial charge in [-0.1, -0.05) is 182 Å². The van der Waals surface area contributed by atoms with Crippen LogP contribution in [0.25, 0.3) is 0 Å². The van der Waals surface area contributed by atoms with Gasteiger partial charge in [-0.05, 0) is 47.2 Å². The third-order valence-electron chi connectivity index (χ3n) is 19.9. The van der Waals surface area contributed by atoms with Gasteiger partial charge in [0.15, 0.2) is 24.4 Å². The van der Waals surface area contributed by atoms with Gasteiger partial charge in [0.05, 0.1) is 80.3 Å². The number of benzene rings is 6. The summed E-state index contributed by atoms with van der Waals surface area (Å²) in [6.45, 7) is 5.14. The van der Waals surface area contributed by atoms with E-state index in [4.69, 9.17) is 75.8 Å². The molecule has 544 valence electrons. The molecule has 0 N–H and O–H groups in total. The van der Waals surface area contributed by atoms with Crippen molar-refractivity contribution in [3.05, 3.63) is 236 Å². The summed E-state index contributed by atoms with van der Waals surface area (Å²) >= 11 is 0. The van der Waals surface area contributed by atoms with E-state index in [1.54, 1.807) is 0 Å². The smallest absolute Gasteiger partial charge is 0.416 e. The van der Waals surface area contributed by atoms with Crippen molar-refractivity contribution < 1.29 is 105 Å². The number of nitrogens with zero attached hydrogens (tertiary/aromatic N) is 4. The monoisotopic (exact) mass is 1410 g/mol. The van der Waals surface area contributed by atoms with Crippen molar-refractivity contribution in [3.8, 4) is 0 Å². The normalized spacial score (nSPS) is 31.6. The van der Waals surface area contributed by atoms with Crippen LogP contribution >= 0.6 is 0 Å². The number of methoxy groups -OCH3 is 4. The van der Waals surface area contributed by atoms with Crippen molar-refractivity contribution in [2.45, 2.75) is 162 Å². The Kier molecular flexibility index (Phi) is 23.2. The lowest BCUT2D eigenvalue weighted by Gasteiger charge is -2.48. The molecule has 102 heavy (non-hydrogen) atoms. The lowest BCUT2D eigenvalue weighted by atomic mass is 9.79. The average Bonchev–Trinajstić information content (AvgIpc) is 1.52. The Bertz CT molecular complexity index is 3580. The van der Waals surface area contributed by atoms with E-state index in [0.717, 1.165) is 57.4 Å². The Balaban J connectivity index is 0.000000205. The van der Waals surface area contributed by atoms with Crippen molar-refractivity contribution in [2.75, 3.05) is 54.9 Å². The molecule has 16 atom stereocenters. The van der Waals surface area contributed by atoms with E-state index in [1.165, 1.54) is 41.9 Å². The highest BCUT2D eigenvalue weighted by Gasteiger charge is 2.81. The molecule has 12 rings (SSSR count). The largest absolute Gasteiger partial charge is 0.467 e. The van der Waals surface area contributed by atoms with Gasteiger partial charge in [-0.2, -0.15) is 0 Å². The molecular formula is C74H84N4O24. The Hall–Kier alpha value is -8.88. The molecular weight excluding hydrogens is 1330 g/mol. The van der Waals surface area contributed by atoms with Crippen LogP contribution in [0.3, 0.4) is 0 Å². The molecule has 28 nitrogen and oxygen atoms in total. The van der Waals surface area contributed by atoms with Gasteiger partial charge in [-0.15, -0.1) is 0 Å². The van der Waals surface area contributed by atoms with Gasteiger partial charge in [0.25, 0.3) is 23.7 Å². The summed E-state index contributed by atoms with van der Waals surface area (Å²) in [5.74, 6) is -5.40. The van der Waals surface area contributed by atoms with E-state index in [-0.39, 0.29) is 52.9 Å². The van der Waals surface area contributed by atoms with E-state index in [1.807, 2.05) is 182 Å². The molecule has 6 fully saturated rings. The lowest BCUT2D eigenvalue weighted by molar-refractivity contribution is -0.565. The van der Waals surface area contributed by atoms with Gasteiger partial charge in [0, 0.05) is 37.9 Å². The van der Waals surface area contributed by atoms with Crippen molar-refractivity contribution in [2.24, 2.45) is 0 Å². The Labute approximate surface area is 589 Å². The van der Waals surface area contributed by atoms with Crippen LogP contribution in [0.15, 0.2) is 182 Å². The maximum Gasteiger partial charge on any atom is 0.416 e. The van der Waals surface area contributed by atoms with E-state index in [9.17, 15) is 39.4 Å². The zero-order valence-electron chi connectivity index (χ0n) is 57.8. The maximum atomic E-state index is 14.1. The molecule has 6 heterocycles. The molecule has 0 spiro atoms. The van der Waals surface area contributed by atoms with Crippen LogP contribution in [0.4, 0.5) is 9.59 Å². The summed E-state index contributed by atoms with van der Waals surface area (Å²) in [7, 11) is 4.89. The Morgan fingerprint density at radius 1 is 0.431 bits per heavy atom. The fourth-order valence-corrected chi connectivity index (χ4v) is 14.2. The van der Waals surface area contributed by atoms with E-state index in [2.05, 4.69) is 0 Å². The second-order valence-corrected chi connectivity index (χ2v) is 25.9. The third kappa shape index (κ3) is 14.3. The highest BCUT2D eigenvalue weighted by atomic mass is 16.8. The van der Waals surface area contributed by atoms with Crippen molar-refractivity contribution in [3.63, 3.8) is 0 Å². The first kappa shape index (κ1) is 74.3. The molecule has 28 heteroatoms. The predicted octanol–water partition coefficient (Wildman–Crippen LogP) is 8.52. The molecule has 6 aromatic rings. The van der Waals surface area contributed by atoms with Crippen molar-refractivity contribution >= 4 is 24.1 Å². The first-order chi connectivity index (χ1) is 49.1. The van der Waals surface area contributed by atoms with E-state index in [0.29, 0.717) is 0 Å². The summed E-state index contributed by atoms with van der Waals surface area (Å²) in [4.78, 5) is 83.3. The molecule has 6 aromatic carbocycles. The number of cyclic esters (lactones) is 2. The molecule has 2 amide bonds. The average molecular weight is 1410 g/mol. The second-order valence-electron chi connectivity index (χ2n) is 25.9. The molecule has 6 aliphatic heterocycles. The zero-order valence-corrected chi connectivity index (χ0v) is 57.8. The molecule has 0 aromatic heterocycles. The number of ether oxygens (including phenoxy) is 16. The molecule has 0 aliphatic carbocycles. The number of fused-ring (bicyclic) bond motifs is 2. The summed E-state index contributed by atoms with van der Waals surface area (Å²) in [5, 5.41) is 26.7. The minimum atomic E-state index is -2.22. The van der Waals surface area contributed by atoms with E-state index >= 15 is 0 Å². The van der Waals surface area contributed by atoms with Gasteiger partial charge in [0.2, 0.25) is 22.5 Å². The minimum Gasteiger partial charge on any atom is -0.467 e. The van der Waals surface area contributed by atoms with Crippen LogP contribution in [0.1, 0.15) is 61.1 Å². The molecule has 0 radical (unpaired) electrons. The lowest BCUT2D eigenvalue weighted by Crippen LogP contribution is -2.75. The maximum absolute atomic E-state index is 14.1. The second kappa shape index (κ2) is 31.8. The van der Waals surface area contributed by atoms with Crippen molar-refractivity contribution in [1.82, 2.24) is 9.80 Å². The number of hydrogen-bond donors (Lipinski definition) is 0. The van der Waals surface area contributed by atoms with Crippen LogP contribution in [-0.4, -0.2) is 194 Å². The summed E-state index contributed by atoms with van der Waals surface area (Å²) in [6, 6.07) is 52.3. The van der Waals surface area contributed by atoms with Gasteiger partial charge >= 0.3 is 24.1 Å². The fraction of sp³-hybridized carbons (Fsp3) is 0.459. The number of hydrogen-bond acceptors (Lipinski definition) is 24. The van der Waals surface area contributed by atoms with Gasteiger partial charge in [-0.25, -0.2) is 19.2 Å². The molecule has 0 bridgehead atoms. The number of nitro groups is 2. The standard InChI is InChI=1S/2C37H42N2O12/c2*1-35-36(2,45-4)51-34(41)38(35)37(24-49-35,33(40)44-3)32-29(39(42)43)31(48-22-27-18-12-7-13-19-27)30(47-21-26-16-10-6-11-17-26)28(50-32)23-46-20-25-14-8-5-9-15-25/h2*5-19,28-32H,20-24H2,1-4H3/t2*28-,29-,30+,31-,32+,35+,36-,37-/m11/s1. The fourth-order valence-electron chi connectivity index (χ4n) is 14.2. The predicted molar refractivity (Wildman–Crippen MR) is 357 cm³/mol. The number of esters is 2. The molecule has 6 aliphatic rings. The summed E-state index contributed by atoms with van der Waals surface area (Å²) < 4.78 is 96.7. The number of carbonyl (C=O) groups is 4. The van der Waals surface area contributed by atoms with Gasteiger partial charge < -0.3 is 75.8 Å². The zero-order chi connectivity index (χ0) is 72.5. The topological polar surface area (TPSA) is 309 Å². The van der Waals surface area contributed by atoms with Gasteiger partial charge in [0.1, 0.15) is 24.4 Å². The molecule has 6 saturated heterocycles. The number of carbonyl (C=O) groups excluding carboxylic acids is 4. The summed E-state index contributed by atoms with van der Waals surface area (Å²) in [6.07, 6.45) is -12.3. The summed E-state index contributed by atoms with van der Waals surface area (Å²) in [5.41, 5.74) is -2.96. The number of rotatable bonds is 28. The highest BCUT2D eigenvalue weighted by molar-refractivity contribution is 5.90. The van der Waals surface area contributed by atoms with E-state index < -0.39 is 142 Å². The van der Waals surface area contributed by atoms with Gasteiger partial charge in [-0.3, -0.25) is 30.0 Å². The Morgan fingerprint density at radius 3 is 0.951 bits per heavy atom. The number of amides is 2. The van der Waals surface area contributed by atoms with Crippen LogP contribution in [0.5, 0.6) is 0 Å². The first-order valence-corrected chi connectivity index (χ1v) is 33.2. The first-order valence-electron chi connectivity index (χ1n) is 33.2. The van der Waals surface area contributed by atoms with Crippen LogP contribution in [-0.2, 0) is 125 Å². The third-order valence-corrected chi connectivity index (χ3v) is 19.9. The Morgan fingerprint density at radius 2 is 0.696 bits per heavy atom. The molecule has 0 saturated carbocycles. The van der Waals surface area contributed by atoms with Crippen LogP contribution < -0.4 is 0 Å². The quantitative estimate of drug-likeness (QED) is 0.0192. The van der Waals surface area contributed by atoms with Crippen molar-refractivity contribution in [1.29, 1.82) is 0 Å². The van der Waals surface area contributed by atoms with Crippen LogP contribution in [0.2, 0.25) is 0 Å². The molecule has 0 unspecified atom stereocenters. The highest BCUT2D eigenvalue weighted by Crippen LogP contribution is 2.55. The minimum absolute atomic E-state index is 0.0295. The SMILES string of the molecule is COC(=O)[C@]1([C@H]2O[C@H](COCc3ccccc3)[C@H](OCc3ccccc3)[C@H](OCc3ccccc3)[C@H]2[N+](=O)[O-])CO[C@]2(C)N1C(=O)O[C@@]2(C)OC.COC(=O)[C@]1([C@H]2O[C@H](COCc3ccccc3)[C@H](OCc3ccccc3)[C@H](OCc3ccccc3)[C@H]2[N+](=O)[O-])CO[C@]2(C)N1C(=O)O[C@@]2(C)OC.